The summed E-state index contributed by atoms with van der Waals surface area (Å²) >= 11 is 3.06. The van der Waals surface area contributed by atoms with E-state index in [2.05, 4.69) is 32.5 Å². The van der Waals surface area contributed by atoms with E-state index in [-0.39, 0.29) is 12.4 Å². The zero-order valence-corrected chi connectivity index (χ0v) is 7.37. The van der Waals surface area contributed by atoms with E-state index in [1.807, 2.05) is 6.07 Å². The van der Waals surface area contributed by atoms with Crippen molar-refractivity contribution in [2.45, 2.75) is 0 Å². The van der Waals surface area contributed by atoms with Gasteiger partial charge in [0.05, 0.1) is 12.3 Å². The van der Waals surface area contributed by atoms with Gasteiger partial charge < -0.3 is 5.73 Å². The van der Waals surface area contributed by atoms with Crippen LogP contribution in [0.15, 0.2) is 22.4 Å². The van der Waals surface area contributed by atoms with Gasteiger partial charge in [-0.2, -0.15) is 5.26 Å². The Labute approximate surface area is 73.3 Å². The van der Waals surface area contributed by atoms with Crippen molar-refractivity contribution in [1.82, 2.24) is 0 Å². The fraction of sp³-hybridized carbons (Fsp3) is 0.167. The molecule has 0 fully saturated rings. The number of hydrogen-bond acceptors (Lipinski definition) is 4. The fourth-order valence-electron chi connectivity index (χ4n) is 0.288. The summed E-state index contributed by atoms with van der Waals surface area (Å²) in [7, 11) is 0. The number of nitrogens with two attached hydrogens (primary N) is 1. The molecule has 2 N–H and O–H groups in total. The van der Waals surface area contributed by atoms with Crippen molar-refractivity contribution >= 4 is 26.8 Å². The van der Waals surface area contributed by atoms with Gasteiger partial charge in [-0.15, -0.1) is 0 Å². The summed E-state index contributed by atoms with van der Waals surface area (Å²) in [6.07, 6.45) is 1.39. The Balaban J connectivity index is 3.97. The van der Waals surface area contributed by atoms with Crippen LogP contribution in [0, 0.1) is 11.3 Å². The van der Waals surface area contributed by atoms with Crippen LogP contribution >= 0.6 is 15.9 Å². The molecule has 0 amide bonds. The molecular formula is C6H7BrN4. The normalized spacial score (nSPS) is 11.5. The van der Waals surface area contributed by atoms with Crippen LogP contribution < -0.4 is 5.73 Å². The van der Waals surface area contributed by atoms with Crippen LogP contribution in [0.3, 0.4) is 0 Å². The summed E-state index contributed by atoms with van der Waals surface area (Å²) in [5.74, 6) is 0.203. The molecule has 0 unspecified atom stereocenters. The zero-order chi connectivity index (χ0) is 8.69. The van der Waals surface area contributed by atoms with Crippen LogP contribution in [0.25, 0.3) is 0 Å². The highest BCUT2D eigenvalue weighted by molar-refractivity contribution is 9.19. The molecule has 0 atom stereocenters. The Morgan fingerprint density at radius 2 is 2.45 bits per heavy atom. The van der Waals surface area contributed by atoms with Gasteiger partial charge in [0.25, 0.3) is 0 Å². The molecule has 0 bridgehead atoms. The number of nitrogens with zero attached hydrogens (tertiary/aromatic N) is 3. The van der Waals surface area contributed by atoms with E-state index >= 15 is 0 Å². The molecular weight excluding hydrogens is 208 g/mol. The van der Waals surface area contributed by atoms with Gasteiger partial charge >= 0.3 is 0 Å². The summed E-state index contributed by atoms with van der Waals surface area (Å²) in [5, 5.41) is 8.13. The lowest BCUT2D eigenvalue weighted by atomic mass is 10.7. The van der Waals surface area contributed by atoms with Gasteiger partial charge in [-0.05, 0) is 15.9 Å². The van der Waals surface area contributed by atoms with Crippen LogP contribution in [0.5, 0.6) is 0 Å². The second-order valence-corrected chi connectivity index (χ2v) is 2.36. The lowest BCUT2D eigenvalue weighted by Gasteiger charge is -1.86. The number of hydrogen-bond donors (Lipinski definition) is 1. The van der Waals surface area contributed by atoms with Gasteiger partial charge in [-0.25, -0.2) is 4.99 Å². The van der Waals surface area contributed by atoms with E-state index in [9.17, 15) is 0 Å². The van der Waals surface area contributed by atoms with E-state index < -0.39 is 0 Å². The van der Waals surface area contributed by atoms with E-state index in [1.165, 1.54) is 6.21 Å². The third-order valence-corrected chi connectivity index (χ3v) is 1.09. The molecule has 0 spiro atoms. The minimum absolute atomic E-state index is 0.101. The van der Waals surface area contributed by atoms with E-state index in [0.717, 1.165) is 0 Å². The van der Waals surface area contributed by atoms with E-state index in [0.29, 0.717) is 4.62 Å². The van der Waals surface area contributed by atoms with Crippen LogP contribution in [-0.4, -0.2) is 17.4 Å². The quantitative estimate of drug-likeness (QED) is 0.558. The van der Waals surface area contributed by atoms with Crippen LogP contribution in [0.1, 0.15) is 0 Å². The van der Waals surface area contributed by atoms with Crippen LogP contribution in [0.4, 0.5) is 0 Å². The molecule has 11 heavy (non-hydrogen) atoms. The predicted molar refractivity (Wildman–Crippen MR) is 48.7 cm³/mol. The number of halogens is 1. The molecule has 0 saturated heterocycles. The maximum absolute atomic E-state index is 8.13. The highest BCUT2D eigenvalue weighted by Crippen LogP contribution is 1.87. The van der Waals surface area contributed by atoms with Gasteiger partial charge in [-0.3, -0.25) is 4.99 Å². The maximum Gasteiger partial charge on any atom is 0.127 e. The zero-order valence-electron chi connectivity index (χ0n) is 5.79. The van der Waals surface area contributed by atoms with E-state index in [1.54, 1.807) is 0 Å². The number of aliphatic imine (C=N–C) groups is 2. The first kappa shape index (κ1) is 9.85. The third kappa shape index (κ3) is 6.74. The van der Waals surface area contributed by atoms with Crippen LogP contribution in [-0.2, 0) is 0 Å². The number of nitriles is 1. The van der Waals surface area contributed by atoms with Gasteiger partial charge in [-0.1, -0.05) is 6.58 Å². The monoisotopic (exact) mass is 214 g/mol. The molecule has 4 nitrogen and oxygen atoms in total. The number of rotatable bonds is 3. The smallest absolute Gasteiger partial charge is 0.127 e. The van der Waals surface area contributed by atoms with Crippen molar-refractivity contribution in [2.75, 3.05) is 6.54 Å². The Kier molecular flexibility index (Phi) is 5.03. The standard InChI is InChI=1S/C6H7BrN4/c1-5(9)11-4-6(7)10-3-2-8/h4H,1,3,9H2. The Bertz CT molecular complexity index is 235. The van der Waals surface area contributed by atoms with Crippen molar-refractivity contribution < 1.29 is 0 Å². The molecule has 5 heteroatoms. The summed E-state index contributed by atoms with van der Waals surface area (Å²) < 4.78 is 0.477. The first-order valence-electron chi connectivity index (χ1n) is 2.72. The van der Waals surface area contributed by atoms with Gasteiger partial charge in [0.2, 0.25) is 0 Å². The minimum atomic E-state index is 0.101. The Morgan fingerprint density at radius 3 is 2.91 bits per heavy atom. The lowest BCUT2D eigenvalue weighted by molar-refractivity contribution is 1.25. The lowest BCUT2D eigenvalue weighted by Crippen LogP contribution is -1.95. The highest BCUT2D eigenvalue weighted by Gasteiger charge is 1.84. The Hall–Kier alpha value is -1.15. The topological polar surface area (TPSA) is 74.5 Å². The summed E-state index contributed by atoms with van der Waals surface area (Å²) in [6.45, 7) is 3.45. The molecule has 0 aliphatic rings. The van der Waals surface area contributed by atoms with Crippen molar-refractivity contribution in [3.63, 3.8) is 0 Å². The fourth-order valence-corrected chi connectivity index (χ4v) is 0.516. The molecule has 0 aliphatic heterocycles. The van der Waals surface area contributed by atoms with E-state index in [4.69, 9.17) is 11.0 Å². The van der Waals surface area contributed by atoms with Crippen molar-refractivity contribution in [3.05, 3.63) is 12.4 Å². The Morgan fingerprint density at radius 1 is 1.82 bits per heavy atom. The molecule has 58 valence electrons. The molecule has 0 rings (SSSR count). The maximum atomic E-state index is 8.13. The first-order chi connectivity index (χ1) is 5.16. The molecule has 0 aromatic carbocycles. The average molecular weight is 215 g/mol. The predicted octanol–water partition coefficient (Wildman–Crippen LogP) is 0.804. The summed E-state index contributed by atoms with van der Waals surface area (Å²) in [6, 6.07) is 1.85. The second-order valence-electron chi connectivity index (χ2n) is 1.55. The second kappa shape index (κ2) is 5.62. The van der Waals surface area contributed by atoms with Crippen molar-refractivity contribution in [1.29, 1.82) is 5.26 Å². The SMILES string of the molecule is C=C(N)N=CC(Br)=NCC#N. The summed E-state index contributed by atoms with van der Waals surface area (Å²) in [4.78, 5) is 7.39. The molecule has 0 radical (unpaired) electrons. The molecule has 0 saturated carbocycles. The molecule has 0 aromatic heterocycles. The van der Waals surface area contributed by atoms with Gasteiger partial charge in [0.1, 0.15) is 17.0 Å². The highest BCUT2D eigenvalue weighted by atomic mass is 79.9. The van der Waals surface area contributed by atoms with Gasteiger partial charge in [0, 0.05) is 0 Å². The van der Waals surface area contributed by atoms with Crippen molar-refractivity contribution in [2.24, 2.45) is 15.7 Å². The molecule has 0 aromatic rings. The first-order valence-corrected chi connectivity index (χ1v) is 3.51. The largest absolute Gasteiger partial charge is 0.384 e. The third-order valence-electron chi connectivity index (χ3n) is 0.638. The minimum Gasteiger partial charge on any atom is -0.384 e. The molecule has 0 heterocycles. The van der Waals surface area contributed by atoms with Gasteiger partial charge in [0.15, 0.2) is 0 Å². The van der Waals surface area contributed by atoms with Crippen molar-refractivity contribution in [3.8, 4) is 6.07 Å². The molecule has 0 aliphatic carbocycles. The summed E-state index contributed by atoms with van der Waals surface area (Å²) in [5.41, 5.74) is 5.14. The van der Waals surface area contributed by atoms with Crippen LogP contribution in [0.2, 0.25) is 0 Å². The average Bonchev–Trinajstić information content (AvgIpc) is 1.97.